The third-order valence-electron chi connectivity index (χ3n) is 3.18. The molecular formula is C16H16N2S. The van der Waals surface area contributed by atoms with Crippen molar-refractivity contribution in [2.45, 2.75) is 18.4 Å². The van der Waals surface area contributed by atoms with E-state index in [-0.39, 0.29) is 0 Å². The first-order valence-electron chi connectivity index (χ1n) is 6.39. The fourth-order valence-corrected chi connectivity index (χ4v) is 3.25. The third-order valence-corrected chi connectivity index (χ3v) is 4.19. The van der Waals surface area contributed by atoms with Gasteiger partial charge in [0.15, 0.2) is 0 Å². The van der Waals surface area contributed by atoms with Crippen LogP contribution >= 0.6 is 11.8 Å². The van der Waals surface area contributed by atoms with Gasteiger partial charge in [-0.25, -0.2) is 4.98 Å². The van der Waals surface area contributed by atoms with Gasteiger partial charge in [-0.05, 0) is 24.6 Å². The Morgan fingerprint density at radius 3 is 2.63 bits per heavy atom. The number of benzene rings is 1. The fourth-order valence-electron chi connectivity index (χ4n) is 2.18. The zero-order valence-corrected chi connectivity index (χ0v) is 11.7. The van der Waals surface area contributed by atoms with Gasteiger partial charge in [0.1, 0.15) is 5.65 Å². The van der Waals surface area contributed by atoms with E-state index in [1.807, 2.05) is 17.8 Å². The zero-order valence-electron chi connectivity index (χ0n) is 10.9. The average molecular weight is 268 g/mol. The predicted molar refractivity (Wildman–Crippen MR) is 81.4 cm³/mol. The van der Waals surface area contributed by atoms with E-state index in [0.29, 0.717) is 0 Å². The molecule has 2 nitrogen and oxygen atoms in total. The Balaban J connectivity index is 1.73. The summed E-state index contributed by atoms with van der Waals surface area (Å²) in [5, 5.41) is 0. The molecule has 0 aliphatic rings. The highest BCUT2D eigenvalue weighted by atomic mass is 32.2. The second kappa shape index (κ2) is 5.49. The van der Waals surface area contributed by atoms with Gasteiger partial charge >= 0.3 is 0 Å². The van der Waals surface area contributed by atoms with E-state index in [2.05, 4.69) is 65.0 Å². The maximum Gasteiger partial charge on any atom is 0.137 e. The average Bonchev–Trinajstić information content (AvgIpc) is 2.76. The van der Waals surface area contributed by atoms with E-state index < -0.39 is 0 Å². The summed E-state index contributed by atoms with van der Waals surface area (Å²) >= 11 is 1.93. The van der Waals surface area contributed by atoms with Crippen molar-refractivity contribution in [3.8, 4) is 0 Å². The van der Waals surface area contributed by atoms with Gasteiger partial charge in [0.2, 0.25) is 0 Å². The van der Waals surface area contributed by atoms with Gasteiger partial charge in [0.05, 0.1) is 11.4 Å². The fraction of sp³-hybridized carbons (Fsp3) is 0.188. The third kappa shape index (κ3) is 2.66. The van der Waals surface area contributed by atoms with Gasteiger partial charge in [0, 0.05) is 17.7 Å². The summed E-state index contributed by atoms with van der Waals surface area (Å²) in [7, 11) is 0. The van der Waals surface area contributed by atoms with Crippen LogP contribution in [-0.2, 0) is 11.5 Å². The Morgan fingerprint density at radius 1 is 1.00 bits per heavy atom. The van der Waals surface area contributed by atoms with Gasteiger partial charge in [-0.2, -0.15) is 11.8 Å². The van der Waals surface area contributed by atoms with Crippen LogP contribution < -0.4 is 0 Å². The minimum Gasteiger partial charge on any atom is -0.303 e. The number of aryl methyl sites for hydroxylation is 1. The van der Waals surface area contributed by atoms with Gasteiger partial charge in [-0.1, -0.05) is 36.4 Å². The minimum absolute atomic E-state index is 0.992. The molecule has 0 aliphatic heterocycles. The zero-order chi connectivity index (χ0) is 13.1. The highest BCUT2D eigenvalue weighted by Crippen LogP contribution is 2.21. The molecule has 0 saturated carbocycles. The number of imidazole rings is 1. The predicted octanol–water partition coefficient (Wildman–Crippen LogP) is 4.08. The van der Waals surface area contributed by atoms with Crippen molar-refractivity contribution in [1.29, 1.82) is 0 Å². The molecule has 0 spiro atoms. The summed E-state index contributed by atoms with van der Waals surface area (Å²) in [6.07, 6.45) is 2.09. The van der Waals surface area contributed by atoms with Crippen molar-refractivity contribution < 1.29 is 0 Å². The molecule has 3 aromatic rings. The number of rotatable bonds is 4. The normalized spacial score (nSPS) is 11.0. The molecule has 0 bridgehead atoms. The van der Waals surface area contributed by atoms with Crippen LogP contribution in [-0.4, -0.2) is 9.38 Å². The van der Waals surface area contributed by atoms with E-state index in [0.717, 1.165) is 22.8 Å². The molecule has 2 aromatic heterocycles. The molecule has 0 radical (unpaired) electrons. The van der Waals surface area contributed by atoms with E-state index in [1.165, 1.54) is 11.3 Å². The molecule has 19 heavy (non-hydrogen) atoms. The summed E-state index contributed by atoms with van der Waals surface area (Å²) in [6.45, 7) is 2.09. The largest absolute Gasteiger partial charge is 0.303 e. The first-order chi connectivity index (χ1) is 9.34. The summed E-state index contributed by atoms with van der Waals surface area (Å²) < 4.78 is 2.19. The van der Waals surface area contributed by atoms with E-state index in [4.69, 9.17) is 0 Å². The van der Waals surface area contributed by atoms with Gasteiger partial charge in [0.25, 0.3) is 0 Å². The number of pyridine rings is 1. The van der Waals surface area contributed by atoms with Crippen molar-refractivity contribution in [2.75, 3.05) is 0 Å². The summed E-state index contributed by atoms with van der Waals surface area (Å²) in [6, 6.07) is 16.7. The standard InChI is InChI=1S/C16H16N2S/c1-13-15(18-10-6-5-9-16(18)17-13)12-19-11-14-7-3-2-4-8-14/h2-10H,11-12H2,1H3. The number of nitrogens with zero attached hydrogens (tertiary/aromatic N) is 2. The van der Waals surface area contributed by atoms with E-state index >= 15 is 0 Å². The Morgan fingerprint density at radius 2 is 1.79 bits per heavy atom. The second-order valence-corrected chi connectivity index (χ2v) is 5.54. The lowest BCUT2D eigenvalue weighted by Gasteiger charge is -2.03. The highest BCUT2D eigenvalue weighted by molar-refractivity contribution is 7.97. The molecular weight excluding hydrogens is 252 g/mol. The lowest BCUT2D eigenvalue weighted by Crippen LogP contribution is -1.92. The number of thioether (sulfide) groups is 1. The minimum atomic E-state index is 0.992. The SMILES string of the molecule is Cc1nc2ccccn2c1CSCc1ccccc1. The molecule has 3 heteroatoms. The molecule has 3 rings (SSSR count). The van der Waals surface area contributed by atoms with Crippen LogP contribution in [0.5, 0.6) is 0 Å². The quantitative estimate of drug-likeness (QED) is 0.709. The molecule has 0 amide bonds. The van der Waals surface area contributed by atoms with Crippen LogP contribution in [0.2, 0.25) is 0 Å². The van der Waals surface area contributed by atoms with Crippen molar-refractivity contribution >= 4 is 17.4 Å². The lowest BCUT2D eigenvalue weighted by atomic mass is 10.2. The molecule has 0 fully saturated rings. The number of hydrogen-bond acceptors (Lipinski definition) is 2. The molecule has 1 aromatic carbocycles. The molecule has 0 aliphatic carbocycles. The van der Waals surface area contributed by atoms with Crippen LogP contribution in [0.1, 0.15) is 17.0 Å². The van der Waals surface area contributed by atoms with Crippen LogP contribution in [0.25, 0.3) is 5.65 Å². The van der Waals surface area contributed by atoms with Gasteiger partial charge in [-0.15, -0.1) is 0 Å². The van der Waals surface area contributed by atoms with Crippen LogP contribution in [0.4, 0.5) is 0 Å². The Bertz CT molecular complexity index is 674. The summed E-state index contributed by atoms with van der Waals surface area (Å²) in [4.78, 5) is 4.59. The molecule has 0 saturated heterocycles. The van der Waals surface area contributed by atoms with E-state index in [9.17, 15) is 0 Å². The molecule has 2 heterocycles. The van der Waals surface area contributed by atoms with Crippen LogP contribution in [0.3, 0.4) is 0 Å². The lowest BCUT2D eigenvalue weighted by molar-refractivity contribution is 1.08. The van der Waals surface area contributed by atoms with Crippen LogP contribution in [0.15, 0.2) is 54.7 Å². The van der Waals surface area contributed by atoms with Crippen molar-refractivity contribution in [3.63, 3.8) is 0 Å². The molecule has 0 unspecified atom stereocenters. The van der Waals surface area contributed by atoms with Crippen molar-refractivity contribution in [3.05, 3.63) is 71.7 Å². The summed E-state index contributed by atoms with van der Waals surface area (Å²) in [5.41, 5.74) is 4.84. The van der Waals surface area contributed by atoms with Crippen molar-refractivity contribution in [1.82, 2.24) is 9.38 Å². The number of aromatic nitrogens is 2. The Hall–Kier alpha value is -1.74. The van der Waals surface area contributed by atoms with E-state index in [1.54, 1.807) is 0 Å². The molecule has 0 N–H and O–H groups in total. The molecule has 0 atom stereocenters. The maximum absolute atomic E-state index is 4.59. The number of hydrogen-bond donors (Lipinski definition) is 0. The number of fused-ring (bicyclic) bond motifs is 1. The summed E-state index contributed by atoms with van der Waals surface area (Å²) in [5.74, 6) is 2.03. The topological polar surface area (TPSA) is 17.3 Å². The molecule has 96 valence electrons. The van der Waals surface area contributed by atoms with Gasteiger partial charge in [-0.3, -0.25) is 0 Å². The van der Waals surface area contributed by atoms with Crippen LogP contribution in [0, 0.1) is 6.92 Å². The Labute approximate surface area is 117 Å². The first-order valence-corrected chi connectivity index (χ1v) is 7.54. The Kier molecular flexibility index (Phi) is 3.56. The highest BCUT2D eigenvalue weighted by Gasteiger charge is 2.07. The first kappa shape index (κ1) is 12.3. The second-order valence-electron chi connectivity index (χ2n) is 4.55. The smallest absolute Gasteiger partial charge is 0.137 e. The maximum atomic E-state index is 4.59. The van der Waals surface area contributed by atoms with Crippen molar-refractivity contribution in [2.24, 2.45) is 0 Å². The monoisotopic (exact) mass is 268 g/mol. The van der Waals surface area contributed by atoms with Gasteiger partial charge < -0.3 is 4.40 Å².